The highest BCUT2D eigenvalue weighted by Crippen LogP contribution is 2.26. The van der Waals surface area contributed by atoms with Crippen molar-refractivity contribution in [3.05, 3.63) is 17.5 Å². The molecular formula is C17H29N3O. The van der Waals surface area contributed by atoms with Crippen molar-refractivity contribution in [1.82, 2.24) is 15.0 Å². The number of aromatic nitrogens is 1. The van der Waals surface area contributed by atoms with Crippen LogP contribution in [0, 0.1) is 12.8 Å². The highest BCUT2D eigenvalue weighted by molar-refractivity contribution is 5.03. The zero-order valence-corrected chi connectivity index (χ0v) is 13.4. The molecule has 0 N–H and O–H groups in total. The van der Waals surface area contributed by atoms with Gasteiger partial charge in [0.25, 0.3) is 0 Å². The second-order valence-corrected chi connectivity index (χ2v) is 6.84. The predicted molar refractivity (Wildman–Crippen MR) is 84.1 cm³/mol. The first-order chi connectivity index (χ1) is 10.3. The lowest BCUT2D eigenvalue weighted by Crippen LogP contribution is -2.46. The van der Waals surface area contributed by atoms with E-state index in [0.29, 0.717) is 0 Å². The molecule has 0 spiro atoms. The summed E-state index contributed by atoms with van der Waals surface area (Å²) in [5.74, 6) is 1.92. The van der Waals surface area contributed by atoms with Crippen molar-refractivity contribution in [2.45, 2.75) is 52.0 Å². The normalized spacial score (nSPS) is 22.7. The Morgan fingerprint density at radius 1 is 1.10 bits per heavy atom. The summed E-state index contributed by atoms with van der Waals surface area (Å²) in [5, 5.41) is 4.10. The molecule has 0 atom stereocenters. The predicted octanol–water partition coefficient (Wildman–Crippen LogP) is 3.07. The summed E-state index contributed by atoms with van der Waals surface area (Å²) >= 11 is 0. The first-order valence-corrected chi connectivity index (χ1v) is 8.66. The first-order valence-electron chi connectivity index (χ1n) is 8.66. The molecule has 0 aromatic carbocycles. The highest BCUT2D eigenvalue weighted by atomic mass is 16.5. The SMILES string of the molecule is Cc1cc(CN2CCN(CCC3CCCCC3)CC2)no1. The van der Waals surface area contributed by atoms with Crippen LogP contribution in [0.5, 0.6) is 0 Å². The third kappa shape index (κ3) is 4.55. The average Bonchev–Trinajstić information content (AvgIpc) is 2.93. The molecule has 1 saturated heterocycles. The topological polar surface area (TPSA) is 32.5 Å². The zero-order chi connectivity index (χ0) is 14.5. The zero-order valence-electron chi connectivity index (χ0n) is 13.4. The van der Waals surface area contributed by atoms with Gasteiger partial charge in [-0.25, -0.2) is 0 Å². The van der Waals surface area contributed by atoms with E-state index in [0.717, 1.165) is 37.0 Å². The number of aryl methyl sites for hydroxylation is 1. The van der Waals surface area contributed by atoms with Crippen molar-refractivity contribution in [3.8, 4) is 0 Å². The molecule has 1 saturated carbocycles. The lowest BCUT2D eigenvalue weighted by atomic mass is 9.87. The molecule has 4 heteroatoms. The number of hydrogen-bond donors (Lipinski definition) is 0. The molecule has 0 radical (unpaired) electrons. The van der Waals surface area contributed by atoms with Gasteiger partial charge in [0.1, 0.15) is 5.76 Å². The summed E-state index contributed by atoms with van der Waals surface area (Å²) in [6.45, 7) is 8.95. The lowest BCUT2D eigenvalue weighted by Gasteiger charge is -2.35. The maximum absolute atomic E-state index is 5.15. The van der Waals surface area contributed by atoms with Crippen LogP contribution >= 0.6 is 0 Å². The molecule has 1 aromatic rings. The second-order valence-electron chi connectivity index (χ2n) is 6.84. The van der Waals surface area contributed by atoms with Gasteiger partial charge < -0.3 is 9.42 Å². The summed E-state index contributed by atoms with van der Waals surface area (Å²) in [4.78, 5) is 5.15. The number of piperazine rings is 1. The van der Waals surface area contributed by atoms with E-state index in [4.69, 9.17) is 4.52 Å². The molecule has 3 rings (SSSR count). The molecule has 4 nitrogen and oxygen atoms in total. The van der Waals surface area contributed by atoms with E-state index in [2.05, 4.69) is 21.0 Å². The number of hydrogen-bond acceptors (Lipinski definition) is 4. The van der Waals surface area contributed by atoms with Crippen LogP contribution in [-0.2, 0) is 6.54 Å². The standard InChI is InChI=1S/C17H29N3O/c1-15-13-17(18-21-15)14-20-11-9-19(10-12-20)8-7-16-5-3-2-4-6-16/h13,16H,2-12,14H2,1H3. The van der Waals surface area contributed by atoms with Crippen LogP contribution in [0.1, 0.15) is 50.0 Å². The molecule has 0 unspecified atom stereocenters. The van der Waals surface area contributed by atoms with Gasteiger partial charge >= 0.3 is 0 Å². The molecule has 2 fully saturated rings. The Bertz CT molecular complexity index is 417. The van der Waals surface area contributed by atoms with Crippen LogP contribution in [0.4, 0.5) is 0 Å². The van der Waals surface area contributed by atoms with Crippen molar-refractivity contribution >= 4 is 0 Å². The molecule has 1 aliphatic carbocycles. The van der Waals surface area contributed by atoms with Crippen molar-refractivity contribution in [2.24, 2.45) is 5.92 Å². The first kappa shape index (κ1) is 15.0. The van der Waals surface area contributed by atoms with Crippen LogP contribution in [-0.4, -0.2) is 47.7 Å². The largest absolute Gasteiger partial charge is 0.361 e. The fraction of sp³-hybridized carbons (Fsp3) is 0.824. The smallest absolute Gasteiger partial charge is 0.133 e. The van der Waals surface area contributed by atoms with Crippen molar-refractivity contribution < 1.29 is 4.52 Å². The molecule has 21 heavy (non-hydrogen) atoms. The van der Waals surface area contributed by atoms with Gasteiger partial charge in [0.05, 0.1) is 5.69 Å². The van der Waals surface area contributed by atoms with Crippen molar-refractivity contribution in [2.75, 3.05) is 32.7 Å². The van der Waals surface area contributed by atoms with Crippen LogP contribution < -0.4 is 0 Å². The minimum atomic E-state index is 0.913. The van der Waals surface area contributed by atoms with E-state index in [1.807, 2.05) is 6.92 Å². The van der Waals surface area contributed by atoms with Crippen molar-refractivity contribution in [1.29, 1.82) is 0 Å². The quantitative estimate of drug-likeness (QED) is 0.834. The monoisotopic (exact) mass is 291 g/mol. The molecule has 2 heterocycles. The van der Waals surface area contributed by atoms with Gasteiger partial charge in [0.2, 0.25) is 0 Å². The van der Waals surface area contributed by atoms with E-state index < -0.39 is 0 Å². The molecular weight excluding hydrogens is 262 g/mol. The Labute approximate surface area is 128 Å². The summed E-state index contributed by atoms with van der Waals surface area (Å²) in [6, 6.07) is 2.05. The van der Waals surface area contributed by atoms with Crippen molar-refractivity contribution in [3.63, 3.8) is 0 Å². The molecule has 2 aliphatic rings. The van der Waals surface area contributed by atoms with E-state index in [-0.39, 0.29) is 0 Å². The van der Waals surface area contributed by atoms with E-state index in [1.165, 1.54) is 58.2 Å². The fourth-order valence-electron chi connectivity index (χ4n) is 3.73. The van der Waals surface area contributed by atoms with Gasteiger partial charge in [-0.1, -0.05) is 37.3 Å². The molecule has 118 valence electrons. The Balaban J connectivity index is 1.34. The van der Waals surface area contributed by atoms with Gasteiger partial charge in [-0.2, -0.15) is 0 Å². The van der Waals surface area contributed by atoms with Crippen LogP contribution in [0.3, 0.4) is 0 Å². The summed E-state index contributed by atoms with van der Waals surface area (Å²) in [7, 11) is 0. The summed E-state index contributed by atoms with van der Waals surface area (Å²) in [5.41, 5.74) is 1.07. The molecule has 0 bridgehead atoms. The van der Waals surface area contributed by atoms with Gasteiger partial charge in [-0.15, -0.1) is 0 Å². The Morgan fingerprint density at radius 2 is 1.81 bits per heavy atom. The third-order valence-electron chi connectivity index (χ3n) is 5.11. The average molecular weight is 291 g/mol. The third-order valence-corrected chi connectivity index (χ3v) is 5.11. The number of nitrogens with zero attached hydrogens (tertiary/aromatic N) is 3. The maximum Gasteiger partial charge on any atom is 0.133 e. The fourth-order valence-corrected chi connectivity index (χ4v) is 3.73. The highest BCUT2D eigenvalue weighted by Gasteiger charge is 2.20. The van der Waals surface area contributed by atoms with E-state index in [1.54, 1.807) is 0 Å². The minimum Gasteiger partial charge on any atom is -0.361 e. The van der Waals surface area contributed by atoms with E-state index in [9.17, 15) is 0 Å². The van der Waals surface area contributed by atoms with Gasteiger partial charge in [-0.05, 0) is 25.8 Å². The summed E-state index contributed by atoms with van der Waals surface area (Å²) < 4.78 is 5.15. The van der Waals surface area contributed by atoms with Crippen LogP contribution in [0.25, 0.3) is 0 Å². The molecule has 1 aromatic heterocycles. The van der Waals surface area contributed by atoms with Gasteiger partial charge in [0.15, 0.2) is 0 Å². The minimum absolute atomic E-state index is 0.913. The van der Waals surface area contributed by atoms with Gasteiger partial charge in [-0.3, -0.25) is 4.90 Å². The van der Waals surface area contributed by atoms with E-state index >= 15 is 0 Å². The molecule has 1 aliphatic heterocycles. The second kappa shape index (κ2) is 7.41. The van der Waals surface area contributed by atoms with Gasteiger partial charge in [0, 0.05) is 38.8 Å². The maximum atomic E-state index is 5.15. The molecule has 0 amide bonds. The number of rotatable bonds is 5. The Kier molecular flexibility index (Phi) is 5.31. The van der Waals surface area contributed by atoms with Crippen LogP contribution in [0.2, 0.25) is 0 Å². The van der Waals surface area contributed by atoms with Crippen LogP contribution in [0.15, 0.2) is 10.6 Å². The Morgan fingerprint density at radius 3 is 2.48 bits per heavy atom. The lowest BCUT2D eigenvalue weighted by molar-refractivity contribution is 0.117. The summed E-state index contributed by atoms with van der Waals surface area (Å²) in [6.07, 6.45) is 8.78. The Hall–Kier alpha value is -0.870.